The minimum Gasteiger partial charge on any atom is -0.493 e. The summed E-state index contributed by atoms with van der Waals surface area (Å²) in [7, 11) is 3.11. The normalized spacial score (nSPS) is 12.0. The summed E-state index contributed by atoms with van der Waals surface area (Å²) in [6.07, 6.45) is 0.757. The maximum absolute atomic E-state index is 11.0. The van der Waals surface area contributed by atoms with Crippen molar-refractivity contribution in [3.8, 4) is 11.5 Å². The third kappa shape index (κ3) is 2.70. The fourth-order valence-corrected chi connectivity index (χ4v) is 1.78. The Hall–Kier alpha value is -1.71. The Morgan fingerprint density at radius 1 is 1.29 bits per heavy atom. The number of carbonyl (C=O) groups is 1. The zero-order chi connectivity index (χ0) is 13.0. The molecule has 0 spiro atoms. The van der Waals surface area contributed by atoms with E-state index in [0.29, 0.717) is 11.5 Å². The molecule has 1 N–H and O–H groups in total. The molecule has 1 aromatic carbocycles. The molecule has 0 radical (unpaired) electrons. The number of benzene rings is 1. The highest BCUT2D eigenvalue weighted by Gasteiger charge is 2.19. The summed E-state index contributed by atoms with van der Waals surface area (Å²) in [6.45, 7) is 3.65. The van der Waals surface area contributed by atoms with Crippen LogP contribution >= 0.6 is 0 Å². The Bertz CT molecular complexity index is 412. The number of rotatable bonds is 5. The van der Waals surface area contributed by atoms with Gasteiger partial charge in [-0.15, -0.1) is 0 Å². The van der Waals surface area contributed by atoms with Gasteiger partial charge in [-0.25, -0.2) is 0 Å². The quantitative estimate of drug-likeness (QED) is 0.856. The molecular weight excluding hydrogens is 220 g/mol. The molecule has 0 saturated carbocycles. The van der Waals surface area contributed by atoms with Crippen LogP contribution in [0.5, 0.6) is 11.5 Å². The molecule has 0 saturated heterocycles. The second-order valence-corrected chi connectivity index (χ2v) is 3.82. The lowest BCUT2D eigenvalue weighted by atomic mass is 9.93. The zero-order valence-corrected chi connectivity index (χ0v) is 10.6. The van der Waals surface area contributed by atoms with E-state index < -0.39 is 11.9 Å². The van der Waals surface area contributed by atoms with Crippen molar-refractivity contribution >= 4 is 5.97 Å². The number of carboxylic acid groups (broad SMARTS) is 1. The highest BCUT2D eigenvalue weighted by atomic mass is 16.5. The van der Waals surface area contributed by atoms with Crippen LogP contribution in [0.4, 0.5) is 0 Å². The molecule has 0 aromatic heterocycles. The summed E-state index contributed by atoms with van der Waals surface area (Å²) in [5.74, 6) is -0.199. The molecule has 0 heterocycles. The SMILES string of the molecule is CCc1cc(OC)c(OC)cc1C(C)C(=O)O. The highest BCUT2D eigenvalue weighted by molar-refractivity contribution is 5.76. The largest absolute Gasteiger partial charge is 0.493 e. The van der Waals surface area contributed by atoms with Crippen LogP contribution in [0.3, 0.4) is 0 Å². The van der Waals surface area contributed by atoms with Gasteiger partial charge in [0.05, 0.1) is 20.1 Å². The fourth-order valence-electron chi connectivity index (χ4n) is 1.78. The Balaban J connectivity index is 3.33. The van der Waals surface area contributed by atoms with E-state index in [1.54, 1.807) is 27.2 Å². The first-order valence-corrected chi connectivity index (χ1v) is 5.52. The third-order valence-electron chi connectivity index (χ3n) is 2.86. The average Bonchev–Trinajstić information content (AvgIpc) is 2.35. The Labute approximate surface area is 101 Å². The van der Waals surface area contributed by atoms with Crippen LogP contribution in [0, 0.1) is 0 Å². The molecule has 94 valence electrons. The minimum absolute atomic E-state index is 0.551. The molecule has 4 nitrogen and oxygen atoms in total. The number of hydrogen-bond acceptors (Lipinski definition) is 3. The summed E-state index contributed by atoms with van der Waals surface area (Å²) in [5.41, 5.74) is 1.75. The van der Waals surface area contributed by atoms with Gasteiger partial charge in [-0.1, -0.05) is 6.92 Å². The van der Waals surface area contributed by atoms with Crippen LogP contribution in [0.1, 0.15) is 30.9 Å². The topological polar surface area (TPSA) is 55.8 Å². The molecule has 0 bridgehead atoms. The first kappa shape index (κ1) is 13.4. The molecule has 1 unspecified atom stereocenters. The molecular formula is C13H18O4. The predicted octanol–water partition coefficient (Wildman–Crippen LogP) is 2.45. The van der Waals surface area contributed by atoms with Gasteiger partial charge < -0.3 is 14.6 Å². The molecule has 0 fully saturated rings. The van der Waals surface area contributed by atoms with Crippen molar-refractivity contribution in [1.82, 2.24) is 0 Å². The summed E-state index contributed by atoms with van der Waals surface area (Å²) < 4.78 is 10.4. The Morgan fingerprint density at radius 3 is 2.24 bits per heavy atom. The monoisotopic (exact) mass is 238 g/mol. The van der Waals surface area contributed by atoms with Crippen molar-refractivity contribution in [2.24, 2.45) is 0 Å². The van der Waals surface area contributed by atoms with Gasteiger partial charge in [-0.05, 0) is 36.6 Å². The summed E-state index contributed by atoms with van der Waals surface area (Å²) in [6, 6.07) is 3.59. The van der Waals surface area contributed by atoms with Gasteiger partial charge in [0.2, 0.25) is 0 Å². The smallest absolute Gasteiger partial charge is 0.310 e. The number of aliphatic carboxylic acids is 1. The molecule has 1 aromatic rings. The summed E-state index contributed by atoms with van der Waals surface area (Å²) in [5, 5.41) is 9.07. The van der Waals surface area contributed by atoms with E-state index in [1.165, 1.54) is 0 Å². The van der Waals surface area contributed by atoms with Crippen LogP contribution in [-0.4, -0.2) is 25.3 Å². The molecule has 0 aliphatic carbocycles. The molecule has 1 rings (SSSR count). The van der Waals surface area contributed by atoms with Gasteiger partial charge in [0.25, 0.3) is 0 Å². The van der Waals surface area contributed by atoms with Crippen LogP contribution < -0.4 is 9.47 Å². The van der Waals surface area contributed by atoms with Crippen LogP contribution in [0.2, 0.25) is 0 Å². The Kier molecular flexibility index (Phi) is 4.37. The lowest BCUT2D eigenvalue weighted by Crippen LogP contribution is -2.10. The second-order valence-electron chi connectivity index (χ2n) is 3.82. The standard InChI is InChI=1S/C13H18O4/c1-5-9-6-11(16-3)12(17-4)7-10(9)8(2)13(14)15/h6-8H,5H2,1-4H3,(H,14,15). The lowest BCUT2D eigenvalue weighted by molar-refractivity contribution is -0.138. The predicted molar refractivity (Wildman–Crippen MR) is 65.0 cm³/mol. The van der Waals surface area contributed by atoms with Gasteiger partial charge in [0, 0.05) is 0 Å². The van der Waals surface area contributed by atoms with E-state index in [2.05, 4.69) is 0 Å². The van der Waals surface area contributed by atoms with E-state index in [1.807, 2.05) is 13.0 Å². The number of aryl methyl sites for hydroxylation is 1. The first-order chi connectivity index (χ1) is 8.04. The van der Waals surface area contributed by atoms with Crippen LogP contribution in [0.25, 0.3) is 0 Å². The average molecular weight is 238 g/mol. The number of methoxy groups -OCH3 is 2. The van der Waals surface area contributed by atoms with E-state index in [9.17, 15) is 4.79 Å². The van der Waals surface area contributed by atoms with Gasteiger partial charge in [0.15, 0.2) is 11.5 Å². The van der Waals surface area contributed by atoms with E-state index in [4.69, 9.17) is 14.6 Å². The fraction of sp³-hybridized carbons (Fsp3) is 0.462. The minimum atomic E-state index is -0.841. The Morgan fingerprint density at radius 2 is 1.82 bits per heavy atom. The molecule has 1 atom stereocenters. The second kappa shape index (κ2) is 5.57. The number of ether oxygens (including phenoxy) is 2. The molecule has 0 aliphatic heterocycles. The van der Waals surface area contributed by atoms with Crippen molar-refractivity contribution in [2.75, 3.05) is 14.2 Å². The molecule has 4 heteroatoms. The van der Waals surface area contributed by atoms with Crippen molar-refractivity contribution in [3.63, 3.8) is 0 Å². The zero-order valence-electron chi connectivity index (χ0n) is 10.6. The van der Waals surface area contributed by atoms with E-state index >= 15 is 0 Å². The van der Waals surface area contributed by atoms with Crippen LogP contribution in [0.15, 0.2) is 12.1 Å². The van der Waals surface area contributed by atoms with Gasteiger partial charge in [-0.2, -0.15) is 0 Å². The molecule has 0 amide bonds. The first-order valence-electron chi connectivity index (χ1n) is 5.52. The lowest BCUT2D eigenvalue weighted by Gasteiger charge is -2.16. The van der Waals surface area contributed by atoms with Crippen molar-refractivity contribution in [3.05, 3.63) is 23.3 Å². The van der Waals surface area contributed by atoms with Gasteiger partial charge in [-0.3, -0.25) is 4.79 Å². The van der Waals surface area contributed by atoms with Gasteiger partial charge >= 0.3 is 5.97 Å². The van der Waals surface area contributed by atoms with E-state index in [0.717, 1.165) is 17.5 Å². The van der Waals surface area contributed by atoms with Crippen molar-refractivity contribution in [1.29, 1.82) is 0 Å². The van der Waals surface area contributed by atoms with Crippen molar-refractivity contribution < 1.29 is 19.4 Å². The van der Waals surface area contributed by atoms with E-state index in [-0.39, 0.29) is 0 Å². The summed E-state index contributed by atoms with van der Waals surface area (Å²) >= 11 is 0. The number of hydrogen-bond donors (Lipinski definition) is 1. The van der Waals surface area contributed by atoms with Crippen LogP contribution in [-0.2, 0) is 11.2 Å². The maximum atomic E-state index is 11.0. The number of carboxylic acids is 1. The summed E-state index contributed by atoms with van der Waals surface area (Å²) in [4.78, 5) is 11.0. The van der Waals surface area contributed by atoms with Crippen molar-refractivity contribution in [2.45, 2.75) is 26.2 Å². The van der Waals surface area contributed by atoms with Gasteiger partial charge in [0.1, 0.15) is 0 Å². The maximum Gasteiger partial charge on any atom is 0.310 e. The molecule has 0 aliphatic rings. The molecule has 17 heavy (non-hydrogen) atoms. The third-order valence-corrected chi connectivity index (χ3v) is 2.86. The highest BCUT2D eigenvalue weighted by Crippen LogP contribution is 2.34.